The van der Waals surface area contributed by atoms with Crippen LogP contribution < -0.4 is 0 Å². The molecule has 1 unspecified atom stereocenters. The highest BCUT2D eigenvalue weighted by atomic mass is 16.3. The maximum absolute atomic E-state index is 10.4. The Hall–Kier alpha value is -1.41. The number of pyridine rings is 1. The molecular weight excluding hydrogens is 234 g/mol. The summed E-state index contributed by atoms with van der Waals surface area (Å²) in [6.07, 6.45) is 5.63. The maximum atomic E-state index is 10.4. The SMILES string of the molecule is Cc1cc(C(O)CC2CCCC2)nc2ccccc12. The largest absolute Gasteiger partial charge is 0.387 e. The number of para-hydroxylation sites is 1. The molecule has 100 valence electrons. The van der Waals surface area contributed by atoms with Crippen LogP contribution in [0.5, 0.6) is 0 Å². The molecule has 1 aromatic carbocycles. The quantitative estimate of drug-likeness (QED) is 0.893. The lowest BCUT2D eigenvalue weighted by Crippen LogP contribution is -2.06. The summed E-state index contributed by atoms with van der Waals surface area (Å²) in [4.78, 5) is 4.63. The van der Waals surface area contributed by atoms with E-state index < -0.39 is 6.10 Å². The van der Waals surface area contributed by atoms with Crippen LogP contribution in [0, 0.1) is 12.8 Å². The van der Waals surface area contributed by atoms with Gasteiger partial charge in [0.2, 0.25) is 0 Å². The molecule has 0 radical (unpaired) electrons. The van der Waals surface area contributed by atoms with E-state index in [4.69, 9.17) is 0 Å². The Bertz CT molecular complexity index is 572. The summed E-state index contributed by atoms with van der Waals surface area (Å²) in [5.74, 6) is 0.684. The molecule has 0 aliphatic heterocycles. The van der Waals surface area contributed by atoms with Gasteiger partial charge in [0.05, 0.1) is 17.3 Å². The van der Waals surface area contributed by atoms with Gasteiger partial charge in [-0.2, -0.15) is 0 Å². The molecule has 1 saturated carbocycles. The highest BCUT2D eigenvalue weighted by Crippen LogP contribution is 2.33. The number of aromatic nitrogens is 1. The second-order valence-electron chi connectivity index (χ2n) is 5.78. The average molecular weight is 255 g/mol. The summed E-state index contributed by atoms with van der Waals surface area (Å²) in [6, 6.07) is 10.2. The number of hydrogen-bond donors (Lipinski definition) is 1. The molecule has 1 aliphatic rings. The summed E-state index contributed by atoms with van der Waals surface area (Å²) >= 11 is 0. The highest BCUT2D eigenvalue weighted by Gasteiger charge is 2.21. The van der Waals surface area contributed by atoms with Crippen molar-refractivity contribution in [3.05, 3.63) is 41.6 Å². The molecule has 2 nitrogen and oxygen atoms in total. The molecule has 1 aromatic heterocycles. The lowest BCUT2D eigenvalue weighted by molar-refractivity contribution is 0.141. The average Bonchev–Trinajstić information content (AvgIpc) is 2.91. The minimum atomic E-state index is -0.411. The van der Waals surface area contributed by atoms with Crippen LogP contribution >= 0.6 is 0 Å². The van der Waals surface area contributed by atoms with Crippen LogP contribution in [-0.2, 0) is 0 Å². The Balaban J connectivity index is 1.87. The van der Waals surface area contributed by atoms with Crippen molar-refractivity contribution < 1.29 is 5.11 Å². The van der Waals surface area contributed by atoms with Crippen molar-refractivity contribution >= 4 is 10.9 Å². The Morgan fingerprint density at radius 2 is 2.00 bits per heavy atom. The van der Waals surface area contributed by atoms with E-state index in [9.17, 15) is 5.11 Å². The molecule has 1 N–H and O–H groups in total. The van der Waals surface area contributed by atoms with E-state index in [1.807, 2.05) is 24.3 Å². The first-order valence-electron chi connectivity index (χ1n) is 7.28. The first-order chi connectivity index (χ1) is 9.24. The lowest BCUT2D eigenvalue weighted by Gasteiger charge is -2.16. The van der Waals surface area contributed by atoms with Crippen molar-refractivity contribution in [1.82, 2.24) is 4.98 Å². The van der Waals surface area contributed by atoms with Gasteiger partial charge in [-0.1, -0.05) is 43.9 Å². The molecule has 2 heteroatoms. The molecule has 0 saturated heterocycles. The predicted octanol–water partition coefficient (Wildman–Crippen LogP) is 4.16. The summed E-state index contributed by atoms with van der Waals surface area (Å²) in [5.41, 5.74) is 3.03. The number of fused-ring (bicyclic) bond motifs is 1. The van der Waals surface area contributed by atoms with E-state index in [0.29, 0.717) is 5.92 Å². The van der Waals surface area contributed by atoms with Gasteiger partial charge in [0, 0.05) is 5.39 Å². The molecule has 1 atom stereocenters. The van der Waals surface area contributed by atoms with Crippen LogP contribution in [0.3, 0.4) is 0 Å². The number of hydrogen-bond acceptors (Lipinski definition) is 2. The zero-order valence-electron chi connectivity index (χ0n) is 11.5. The summed E-state index contributed by atoms with van der Waals surface area (Å²) in [7, 11) is 0. The van der Waals surface area contributed by atoms with E-state index >= 15 is 0 Å². The molecule has 1 fully saturated rings. The third kappa shape index (κ3) is 2.64. The standard InChI is InChI=1S/C17H21NO/c1-12-10-16(17(19)11-13-6-2-3-7-13)18-15-9-5-4-8-14(12)15/h4-5,8-10,13,17,19H,2-3,6-7,11H2,1H3. The highest BCUT2D eigenvalue weighted by molar-refractivity contribution is 5.82. The first kappa shape index (κ1) is 12.6. The van der Waals surface area contributed by atoms with Crippen LogP contribution in [-0.4, -0.2) is 10.1 Å². The maximum Gasteiger partial charge on any atom is 0.0962 e. The Morgan fingerprint density at radius 1 is 1.26 bits per heavy atom. The number of aliphatic hydroxyl groups excluding tert-OH is 1. The third-order valence-corrected chi connectivity index (χ3v) is 4.32. The smallest absolute Gasteiger partial charge is 0.0962 e. The monoisotopic (exact) mass is 255 g/mol. The van der Waals surface area contributed by atoms with Crippen molar-refractivity contribution in [1.29, 1.82) is 0 Å². The van der Waals surface area contributed by atoms with E-state index in [0.717, 1.165) is 17.6 Å². The fraction of sp³-hybridized carbons (Fsp3) is 0.471. The third-order valence-electron chi connectivity index (χ3n) is 4.32. The van der Waals surface area contributed by atoms with Gasteiger partial charge in [-0.25, -0.2) is 0 Å². The number of aliphatic hydroxyl groups is 1. The second kappa shape index (κ2) is 5.30. The topological polar surface area (TPSA) is 33.1 Å². The number of benzene rings is 1. The van der Waals surface area contributed by atoms with Gasteiger partial charge >= 0.3 is 0 Å². The fourth-order valence-corrected chi connectivity index (χ4v) is 3.23. The molecule has 19 heavy (non-hydrogen) atoms. The van der Waals surface area contributed by atoms with Crippen molar-refractivity contribution in [2.75, 3.05) is 0 Å². The molecule has 0 amide bonds. The predicted molar refractivity (Wildman–Crippen MR) is 78.0 cm³/mol. The van der Waals surface area contributed by atoms with Gasteiger partial charge in [-0.15, -0.1) is 0 Å². The molecule has 1 aliphatic carbocycles. The van der Waals surface area contributed by atoms with E-state index in [2.05, 4.69) is 18.0 Å². The lowest BCUT2D eigenvalue weighted by atomic mass is 9.97. The van der Waals surface area contributed by atoms with Gasteiger partial charge in [-0.3, -0.25) is 4.98 Å². The van der Waals surface area contributed by atoms with Crippen LogP contribution in [0.25, 0.3) is 10.9 Å². The van der Waals surface area contributed by atoms with Gasteiger partial charge in [0.25, 0.3) is 0 Å². The first-order valence-corrected chi connectivity index (χ1v) is 7.28. The Labute approximate surface area is 114 Å². The second-order valence-corrected chi connectivity index (χ2v) is 5.78. The van der Waals surface area contributed by atoms with Crippen LogP contribution in [0.15, 0.2) is 30.3 Å². The molecule has 1 heterocycles. The number of nitrogens with zero attached hydrogens (tertiary/aromatic N) is 1. The minimum absolute atomic E-state index is 0.411. The van der Waals surface area contributed by atoms with Crippen molar-refractivity contribution in [3.63, 3.8) is 0 Å². The van der Waals surface area contributed by atoms with Crippen molar-refractivity contribution in [2.45, 2.75) is 45.1 Å². The molecule has 2 aromatic rings. The van der Waals surface area contributed by atoms with Gasteiger partial charge in [0.1, 0.15) is 0 Å². The summed E-state index contributed by atoms with van der Waals surface area (Å²) < 4.78 is 0. The normalized spacial score (nSPS) is 18.0. The Morgan fingerprint density at radius 3 is 2.79 bits per heavy atom. The molecular formula is C17H21NO. The van der Waals surface area contributed by atoms with E-state index in [1.165, 1.54) is 36.6 Å². The molecule has 0 spiro atoms. The van der Waals surface area contributed by atoms with Gasteiger partial charge < -0.3 is 5.11 Å². The van der Waals surface area contributed by atoms with Gasteiger partial charge in [-0.05, 0) is 37.0 Å². The zero-order chi connectivity index (χ0) is 13.2. The van der Waals surface area contributed by atoms with Crippen LogP contribution in [0.2, 0.25) is 0 Å². The number of rotatable bonds is 3. The zero-order valence-corrected chi connectivity index (χ0v) is 11.5. The van der Waals surface area contributed by atoms with E-state index in [1.54, 1.807) is 0 Å². The van der Waals surface area contributed by atoms with Crippen molar-refractivity contribution in [2.24, 2.45) is 5.92 Å². The van der Waals surface area contributed by atoms with Crippen molar-refractivity contribution in [3.8, 4) is 0 Å². The van der Waals surface area contributed by atoms with Crippen LogP contribution in [0.4, 0.5) is 0 Å². The van der Waals surface area contributed by atoms with Gasteiger partial charge in [0.15, 0.2) is 0 Å². The fourth-order valence-electron chi connectivity index (χ4n) is 3.23. The summed E-state index contributed by atoms with van der Waals surface area (Å²) in [5, 5.41) is 11.6. The van der Waals surface area contributed by atoms with E-state index in [-0.39, 0.29) is 0 Å². The molecule has 3 rings (SSSR count). The minimum Gasteiger partial charge on any atom is -0.387 e. The summed E-state index contributed by atoms with van der Waals surface area (Å²) in [6.45, 7) is 2.09. The Kier molecular flexibility index (Phi) is 3.52. The van der Waals surface area contributed by atoms with Crippen LogP contribution in [0.1, 0.15) is 49.5 Å². The molecule has 0 bridgehead atoms. The number of aryl methyl sites for hydroxylation is 1.